The van der Waals surface area contributed by atoms with Gasteiger partial charge in [0, 0.05) is 26.6 Å². The van der Waals surface area contributed by atoms with Crippen molar-refractivity contribution in [3.8, 4) is 11.5 Å². The van der Waals surface area contributed by atoms with Gasteiger partial charge >= 0.3 is 0 Å². The SMILES string of the molecule is CC(C)(C)NCc1cc(Br)ccc1Oc1cccc(Br)c1. The van der Waals surface area contributed by atoms with E-state index in [1.165, 1.54) is 0 Å². The predicted molar refractivity (Wildman–Crippen MR) is 95.0 cm³/mol. The van der Waals surface area contributed by atoms with E-state index in [0.29, 0.717) is 0 Å². The van der Waals surface area contributed by atoms with Gasteiger partial charge in [-0.05, 0) is 57.2 Å². The zero-order valence-electron chi connectivity index (χ0n) is 12.4. The van der Waals surface area contributed by atoms with Crippen molar-refractivity contribution >= 4 is 31.9 Å². The van der Waals surface area contributed by atoms with Crippen molar-refractivity contribution in [1.82, 2.24) is 5.32 Å². The van der Waals surface area contributed by atoms with E-state index >= 15 is 0 Å². The van der Waals surface area contributed by atoms with Crippen molar-refractivity contribution in [1.29, 1.82) is 0 Å². The minimum Gasteiger partial charge on any atom is -0.457 e. The maximum absolute atomic E-state index is 6.02. The molecule has 0 radical (unpaired) electrons. The van der Waals surface area contributed by atoms with E-state index in [1.54, 1.807) is 0 Å². The first-order valence-corrected chi connectivity index (χ1v) is 8.39. The first-order valence-electron chi connectivity index (χ1n) is 6.80. The van der Waals surface area contributed by atoms with E-state index < -0.39 is 0 Å². The summed E-state index contributed by atoms with van der Waals surface area (Å²) in [6, 6.07) is 13.9. The molecule has 0 spiro atoms. The Morgan fingerprint density at radius 2 is 1.71 bits per heavy atom. The second-order valence-corrected chi connectivity index (χ2v) is 7.75. The molecule has 0 aromatic heterocycles. The van der Waals surface area contributed by atoms with Crippen LogP contribution in [0.5, 0.6) is 11.5 Å². The highest BCUT2D eigenvalue weighted by Crippen LogP contribution is 2.29. The number of halogens is 2. The summed E-state index contributed by atoms with van der Waals surface area (Å²) in [6.07, 6.45) is 0. The van der Waals surface area contributed by atoms with Gasteiger partial charge in [0.2, 0.25) is 0 Å². The summed E-state index contributed by atoms with van der Waals surface area (Å²) >= 11 is 6.99. The van der Waals surface area contributed by atoms with E-state index in [2.05, 4.69) is 64.0 Å². The molecule has 0 saturated carbocycles. The average molecular weight is 413 g/mol. The summed E-state index contributed by atoms with van der Waals surface area (Å²) in [5.74, 6) is 1.69. The molecule has 4 heteroatoms. The highest BCUT2D eigenvalue weighted by molar-refractivity contribution is 9.10. The van der Waals surface area contributed by atoms with Gasteiger partial charge in [-0.25, -0.2) is 0 Å². The van der Waals surface area contributed by atoms with Crippen LogP contribution in [-0.4, -0.2) is 5.54 Å². The Bertz CT molecular complexity index is 620. The lowest BCUT2D eigenvalue weighted by atomic mass is 10.1. The number of hydrogen-bond acceptors (Lipinski definition) is 2. The summed E-state index contributed by atoms with van der Waals surface area (Å²) in [6.45, 7) is 7.21. The average Bonchev–Trinajstić information content (AvgIpc) is 2.38. The molecule has 0 amide bonds. The van der Waals surface area contributed by atoms with Crippen molar-refractivity contribution in [3.63, 3.8) is 0 Å². The van der Waals surface area contributed by atoms with Gasteiger partial charge in [0.15, 0.2) is 0 Å². The topological polar surface area (TPSA) is 21.3 Å². The van der Waals surface area contributed by atoms with Gasteiger partial charge in [-0.15, -0.1) is 0 Å². The normalized spacial score (nSPS) is 11.5. The molecule has 0 aliphatic heterocycles. The van der Waals surface area contributed by atoms with Crippen molar-refractivity contribution in [2.75, 3.05) is 0 Å². The Hall–Kier alpha value is -0.840. The first kappa shape index (κ1) is 16.5. The molecule has 0 unspecified atom stereocenters. The highest BCUT2D eigenvalue weighted by Gasteiger charge is 2.12. The molecule has 112 valence electrons. The number of nitrogens with one attached hydrogen (secondary N) is 1. The predicted octanol–water partition coefficient (Wildman–Crippen LogP) is 5.89. The van der Waals surface area contributed by atoms with E-state index in [4.69, 9.17) is 4.74 Å². The monoisotopic (exact) mass is 411 g/mol. The van der Waals surface area contributed by atoms with Crippen LogP contribution >= 0.6 is 31.9 Å². The first-order chi connectivity index (χ1) is 9.83. The zero-order chi connectivity index (χ0) is 15.5. The molecule has 21 heavy (non-hydrogen) atoms. The Kier molecular flexibility index (Phi) is 5.47. The molecule has 0 heterocycles. The van der Waals surface area contributed by atoms with Crippen molar-refractivity contribution in [3.05, 3.63) is 57.0 Å². The third-order valence-electron chi connectivity index (χ3n) is 2.86. The van der Waals surface area contributed by atoms with E-state index in [1.807, 2.05) is 36.4 Å². The van der Waals surface area contributed by atoms with Crippen LogP contribution in [0.1, 0.15) is 26.3 Å². The van der Waals surface area contributed by atoms with Gasteiger partial charge in [0.05, 0.1) is 0 Å². The number of ether oxygens (including phenoxy) is 1. The molecule has 1 N–H and O–H groups in total. The lowest BCUT2D eigenvalue weighted by Crippen LogP contribution is -2.35. The molecule has 0 aliphatic rings. The summed E-state index contributed by atoms with van der Waals surface area (Å²) in [4.78, 5) is 0. The Labute approximate surface area is 143 Å². The Morgan fingerprint density at radius 3 is 2.38 bits per heavy atom. The molecule has 0 saturated heterocycles. The van der Waals surface area contributed by atoms with E-state index in [0.717, 1.165) is 32.6 Å². The van der Waals surface area contributed by atoms with E-state index in [-0.39, 0.29) is 5.54 Å². The summed E-state index contributed by atoms with van der Waals surface area (Å²) < 4.78 is 8.08. The minimum absolute atomic E-state index is 0.0648. The van der Waals surface area contributed by atoms with Gasteiger partial charge in [0.1, 0.15) is 11.5 Å². The van der Waals surface area contributed by atoms with Crippen molar-refractivity contribution < 1.29 is 4.74 Å². The molecule has 2 aromatic carbocycles. The van der Waals surface area contributed by atoms with E-state index in [9.17, 15) is 0 Å². The third-order valence-corrected chi connectivity index (χ3v) is 3.84. The lowest BCUT2D eigenvalue weighted by Gasteiger charge is -2.22. The lowest BCUT2D eigenvalue weighted by molar-refractivity contribution is 0.414. The van der Waals surface area contributed by atoms with Gasteiger partial charge in [-0.1, -0.05) is 37.9 Å². The number of rotatable bonds is 4. The summed E-state index contributed by atoms with van der Waals surface area (Å²) in [5, 5.41) is 3.49. The molecular formula is C17H19Br2NO. The van der Waals surface area contributed by atoms with Crippen LogP contribution in [0.15, 0.2) is 51.4 Å². The number of benzene rings is 2. The molecule has 0 bridgehead atoms. The van der Waals surface area contributed by atoms with Gasteiger partial charge in [0.25, 0.3) is 0 Å². The molecule has 2 aromatic rings. The summed E-state index contributed by atoms with van der Waals surface area (Å²) in [7, 11) is 0. The molecule has 2 nitrogen and oxygen atoms in total. The van der Waals surface area contributed by atoms with Crippen LogP contribution < -0.4 is 10.1 Å². The Balaban J connectivity index is 2.22. The maximum atomic E-state index is 6.02. The fourth-order valence-electron chi connectivity index (χ4n) is 1.80. The van der Waals surface area contributed by atoms with Crippen molar-refractivity contribution in [2.45, 2.75) is 32.9 Å². The third kappa shape index (κ3) is 5.46. The van der Waals surface area contributed by atoms with Gasteiger partial charge in [-0.3, -0.25) is 0 Å². The summed E-state index contributed by atoms with van der Waals surface area (Å²) in [5.41, 5.74) is 1.19. The quantitative estimate of drug-likeness (QED) is 0.675. The largest absolute Gasteiger partial charge is 0.457 e. The van der Waals surface area contributed by atoms with Crippen LogP contribution in [0.4, 0.5) is 0 Å². The Morgan fingerprint density at radius 1 is 1.00 bits per heavy atom. The van der Waals surface area contributed by atoms with Crippen LogP contribution in [0.25, 0.3) is 0 Å². The molecule has 0 fully saturated rings. The number of hydrogen-bond donors (Lipinski definition) is 1. The van der Waals surface area contributed by atoms with Gasteiger partial charge in [-0.2, -0.15) is 0 Å². The standard InChI is InChI=1S/C17H19Br2NO/c1-17(2,3)20-11-12-9-14(19)7-8-16(12)21-15-6-4-5-13(18)10-15/h4-10,20H,11H2,1-3H3. The van der Waals surface area contributed by atoms with Crippen LogP contribution in [-0.2, 0) is 6.54 Å². The van der Waals surface area contributed by atoms with Crippen molar-refractivity contribution in [2.24, 2.45) is 0 Å². The molecule has 0 aliphatic carbocycles. The zero-order valence-corrected chi connectivity index (χ0v) is 15.6. The molecular weight excluding hydrogens is 394 g/mol. The minimum atomic E-state index is 0.0648. The van der Waals surface area contributed by atoms with Crippen LogP contribution in [0, 0.1) is 0 Å². The second kappa shape index (κ2) is 6.95. The van der Waals surface area contributed by atoms with Crippen LogP contribution in [0.3, 0.4) is 0 Å². The smallest absolute Gasteiger partial charge is 0.131 e. The molecule has 0 atom stereocenters. The fraction of sp³-hybridized carbons (Fsp3) is 0.294. The maximum Gasteiger partial charge on any atom is 0.131 e. The van der Waals surface area contributed by atoms with Gasteiger partial charge < -0.3 is 10.1 Å². The second-order valence-electron chi connectivity index (χ2n) is 5.92. The fourth-order valence-corrected chi connectivity index (χ4v) is 2.59. The molecule has 2 rings (SSSR count). The van der Waals surface area contributed by atoms with Crippen LogP contribution in [0.2, 0.25) is 0 Å². The highest BCUT2D eigenvalue weighted by atomic mass is 79.9.